The Morgan fingerprint density at radius 3 is 0.529 bits per heavy atom. The molecule has 4 aromatic carbocycles. The normalized spacial score (nSPS) is 13.4. The molecule has 0 saturated carbocycles. The molecule has 0 aliphatic heterocycles. The number of ether oxygens (including phenoxy) is 4. The lowest BCUT2D eigenvalue weighted by Crippen LogP contribution is -2.19. The smallest absolute Gasteiger partial charge is 0.361 e. The van der Waals surface area contributed by atoms with Crippen LogP contribution in [0.25, 0.3) is 0 Å². The van der Waals surface area contributed by atoms with Crippen LogP contribution in [0.5, 0.6) is 23.0 Å². The number of hydrogen-bond donors (Lipinski definition) is 0. The van der Waals surface area contributed by atoms with Gasteiger partial charge in [-0.15, -0.1) is 0 Å². The molecule has 1 aliphatic rings. The Morgan fingerprint density at radius 1 is 0.294 bits per heavy atom. The van der Waals surface area contributed by atoms with Gasteiger partial charge in [0.15, 0.2) is 0 Å². The first-order valence-electron chi connectivity index (χ1n) is 22.9. The lowest BCUT2D eigenvalue weighted by molar-refractivity contribution is 0.229. The highest BCUT2D eigenvalue weighted by atomic mass is 31.2. The first kappa shape index (κ1) is 55.6. The molecule has 68 heavy (non-hydrogen) atoms. The molecule has 0 aromatic heterocycles. The van der Waals surface area contributed by atoms with Gasteiger partial charge in [0.2, 0.25) is 0 Å². The molecule has 8 bridgehead atoms. The maximum absolute atomic E-state index is 14.8. The van der Waals surface area contributed by atoms with Gasteiger partial charge in [-0.1, -0.05) is 0 Å². The fourth-order valence-electron chi connectivity index (χ4n) is 8.60. The Morgan fingerprint density at radius 2 is 0.426 bits per heavy atom. The van der Waals surface area contributed by atoms with Crippen LogP contribution < -0.4 is 40.2 Å². The third-order valence-electron chi connectivity index (χ3n) is 10.9. The predicted octanol–water partition coefficient (Wildman–Crippen LogP) is 9.96. The van der Waals surface area contributed by atoms with Gasteiger partial charge < -0.3 is 55.1 Å². The molecule has 0 unspecified atom stereocenters. The molecule has 0 atom stereocenters. The van der Waals surface area contributed by atoms with Crippen LogP contribution in [-0.2, 0) is 80.1 Å². The molecule has 0 amide bonds. The zero-order valence-corrected chi connectivity index (χ0v) is 45.0. The van der Waals surface area contributed by atoms with Crippen molar-refractivity contribution in [1.29, 1.82) is 0 Å². The molecule has 0 saturated heterocycles. The molecular weight excluding hydrogens is 956 g/mol. The Balaban J connectivity index is 2.06. The van der Waals surface area contributed by atoms with Crippen molar-refractivity contribution in [3.63, 3.8) is 0 Å². The van der Waals surface area contributed by atoms with Gasteiger partial charge in [0.25, 0.3) is 0 Å². The van der Waals surface area contributed by atoms with E-state index in [0.29, 0.717) is 67.5 Å². The van der Waals surface area contributed by atoms with Crippen LogP contribution in [0.1, 0.15) is 99.9 Å². The molecule has 16 nitrogen and oxygen atoms in total. The Hall–Kier alpha value is -3.32. The van der Waals surface area contributed by atoms with E-state index in [0.717, 1.165) is 0 Å². The molecule has 4 aromatic rings. The zero-order valence-electron chi connectivity index (χ0n) is 41.4. The van der Waals surface area contributed by atoms with Crippen molar-refractivity contribution in [1.82, 2.24) is 0 Å². The monoisotopic (exact) mass is 1020 g/mol. The van der Waals surface area contributed by atoms with E-state index < -0.39 is 30.4 Å². The summed E-state index contributed by atoms with van der Waals surface area (Å²) in [7, 11) is -9.66. The average molecular weight is 1020 g/mol. The number of hydrogen-bond acceptors (Lipinski definition) is 16. The Labute approximate surface area is 402 Å². The highest BCUT2D eigenvalue weighted by Crippen LogP contribution is 2.53. The zero-order chi connectivity index (χ0) is 49.9. The average Bonchev–Trinajstić information content (AvgIpc) is 3.29. The van der Waals surface area contributed by atoms with E-state index in [1.54, 1.807) is 132 Å². The Kier molecular flexibility index (Phi) is 20.2. The summed E-state index contributed by atoms with van der Waals surface area (Å²) in [5.41, 5.74) is 4.42. The number of methoxy groups -OCH3 is 4. The van der Waals surface area contributed by atoms with Crippen LogP contribution in [-0.4, -0.2) is 81.3 Å². The van der Waals surface area contributed by atoms with E-state index in [1.807, 2.05) is 0 Å². The summed E-state index contributed by atoms with van der Waals surface area (Å²) >= 11 is 0. The van der Waals surface area contributed by atoms with Crippen LogP contribution >= 0.6 is 30.4 Å². The van der Waals surface area contributed by atoms with Gasteiger partial charge in [0, 0.05) is 25.7 Å². The van der Waals surface area contributed by atoms with Crippen molar-refractivity contribution in [2.75, 3.05) is 81.3 Å². The minimum absolute atomic E-state index is 0.0726. The van der Waals surface area contributed by atoms with Crippen molar-refractivity contribution in [2.45, 2.75) is 81.1 Å². The third kappa shape index (κ3) is 12.0. The van der Waals surface area contributed by atoms with Crippen molar-refractivity contribution >= 4 is 51.6 Å². The van der Waals surface area contributed by atoms with Gasteiger partial charge >= 0.3 is 30.4 Å². The minimum Gasteiger partial charge on any atom is -0.496 e. The highest BCUT2D eigenvalue weighted by Gasteiger charge is 2.36. The molecule has 376 valence electrons. The number of fused-ring (bicyclic) bond motifs is 8. The molecule has 0 radical (unpaired) electrons. The first-order chi connectivity index (χ1) is 32.6. The van der Waals surface area contributed by atoms with Crippen molar-refractivity contribution in [3.05, 3.63) is 93.0 Å². The van der Waals surface area contributed by atoms with E-state index in [2.05, 4.69) is 0 Å². The summed E-state index contributed by atoms with van der Waals surface area (Å²) in [6.45, 7) is 14.6. The lowest BCUT2D eigenvalue weighted by atomic mass is 9.91. The molecule has 20 heteroatoms. The Bertz CT molecular complexity index is 2100. The largest absolute Gasteiger partial charge is 0.496 e. The molecule has 0 heterocycles. The summed E-state index contributed by atoms with van der Waals surface area (Å²) in [5.74, 6) is 1.72. The summed E-state index contributed by atoms with van der Waals surface area (Å²) in [6, 6.07) is 13.8. The summed E-state index contributed by atoms with van der Waals surface area (Å²) < 4.78 is 132. The standard InChI is InChI=1S/C48H68O16P4/c1-13-57-65(49,58-14-2)41-25-33-21-35-27-42(66(50,59-15-3)60-16-4)29-37(46(35)54-10)23-39-31-44(68(52,63-19-7)64-20-8)32-40(48(39)56-12)24-38-30-43(67(51,61-17-5)62-18-6)28-36(47(38)55-11)22-34(26-41)45(33)53-9/h25-32H,13-24H2,1-12H3. The van der Waals surface area contributed by atoms with Crippen molar-refractivity contribution < 1.29 is 73.4 Å². The molecule has 0 fully saturated rings. The summed E-state index contributed by atoms with van der Waals surface area (Å²) in [5, 5.41) is 1.07. The van der Waals surface area contributed by atoms with Crippen LogP contribution in [0.15, 0.2) is 48.5 Å². The molecule has 1 aliphatic carbocycles. The topological polar surface area (TPSA) is 179 Å². The van der Waals surface area contributed by atoms with Gasteiger partial charge in [0.1, 0.15) is 23.0 Å². The van der Waals surface area contributed by atoms with Crippen molar-refractivity contribution in [3.8, 4) is 23.0 Å². The lowest BCUT2D eigenvalue weighted by Gasteiger charge is -2.26. The molecular formula is C48H68O16P4. The highest BCUT2D eigenvalue weighted by molar-refractivity contribution is 7.63. The maximum atomic E-state index is 14.8. The van der Waals surface area contributed by atoms with Gasteiger partial charge in [-0.05, 0) is 148 Å². The maximum Gasteiger partial charge on any atom is 0.361 e. The minimum atomic E-state index is -3.96. The van der Waals surface area contributed by atoms with E-state index in [4.69, 9.17) is 55.1 Å². The van der Waals surface area contributed by atoms with Crippen LogP contribution in [0, 0.1) is 0 Å². The summed E-state index contributed by atoms with van der Waals surface area (Å²) in [6.07, 6.45) is 0.290. The van der Waals surface area contributed by atoms with E-state index >= 15 is 0 Å². The van der Waals surface area contributed by atoms with Crippen LogP contribution in [0.3, 0.4) is 0 Å². The molecule has 5 rings (SSSR count). The van der Waals surface area contributed by atoms with Crippen molar-refractivity contribution in [2.24, 2.45) is 0 Å². The van der Waals surface area contributed by atoms with E-state index in [-0.39, 0.29) is 99.8 Å². The fourth-order valence-corrected chi connectivity index (χ4v) is 15.3. The third-order valence-corrected chi connectivity index (χ3v) is 19.3. The van der Waals surface area contributed by atoms with Crippen LogP contribution in [0.4, 0.5) is 0 Å². The van der Waals surface area contributed by atoms with Gasteiger partial charge in [0.05, 0.1) is 103 Å². The van der Waals surface area contributed by atoms with Gasteiger partial charge in [-0.25, -0.2) is 0 Å². The number of rotatable bonds is 24. The second kappa shape index (κ2) is 24.7. The van der Waals surface area contributed by atoms with Gasteiger partial charge in [-0.3, -0.25) is 18.3 Å². The predicted molar refractivity (Wildman–Crippen MR) is 265 cm³/mol. The van der Waals surface area contributed by atoms with E-state index in [9.17, 15) is 18.3 Å². The fraction of sp³-hybridized carbons (Fsp3) is 0.500. The first-order valence-corrected chi connectivity index (χ1v) is 29.1. The van der Waals surface area contributed by atoms with Crippen LogP contribution in [0.2, 0.25) is 0 Å². The SMILES string of the molecule is CCOP(=O)(OCC)c1cc2c(OC)c(c1)Cc1cc(P(=O)(OCC)OCC)cc(c1OC)Cc1cc(P(=O)(OCC)OCC)cc(c1OC)Cc1cc(P(=O)(OCC)OCC)cc(c1OC)C2. The summed E-state index contributed by atoms with van der Waals surface area (Å²) in [4.78, 5) is 0. The van der Waals surface area contributed by atoms with E-state index in [1.165, 1.54) is 0 Å². The quantitative estimate of drug-likeness (QED) is 0.0533. The second-order valence-electron chi connectivity index (χ2n) is 15.2. The van der Waals surface area contributed by atoms with Gasteiger partial charge in [-0.2, -0.15) is 0 Å². The molecule has 0 spiro atoms. The second-order valence-corrected chi connectivity index (χ2v) is 23.3. The number of benzene rings is 4. The molecule has 0 N–H and O–H groups in total.